The summed E-state index contributed by atoms with van der Waals surface area (Å²) in [6, 6.07) is 6.20. The minimum Gasteiger partial charge on any atom is -0.497 e. The highest BCUT2D eigenvalue weighted by Gasteiger charge is 2.22. The van der Waals surface area contributed by atoms with Crippen LogP contribution in [0.1, 0.15) is 41.1 Å². The number of methoxy groups -OCH3 is 1. The number of halogens is 1. The third-order valence-electron chi connectivity index (χ3n) is 4.61. The maximum Gasteiger partial charge on any atom is 0.229 e. The summed E-state index contributed by atoms with van der Waals surface area (Å²) in [6.07, 6.45) is 3.45. The molecule has 128 valence electrons. The van der Waals surface area contributed by atoms with Crippen molar-refractivity contribution in [2.45, 2.75) is 38.5 Å². The Morgan fingerprint density at radius 3 is 3.04 bits per heavy atom. The van der Waals surface area contributed by atoms with Crippen LogP contribution in [0.5, 0.6) is 5.75 Å². The van der Waals surface area contributed by atoms with Crippen molar-refractivity contribution in [1.82, 2.24) is 10.5 Å². The van der Waals surface area contributed by atoms with Gasteiger partial charge in [0, 0.05) is 18.0 Å². The lowest BCUT2D eigenvalue weighted by Gasteiger charge is -2.26. The number of carbonyl (C=O) groups is 1. The predicted octanol–water partition coefficient (Wildman–Crippen LogP) is 3.42. The van der Waals surface area contributed by atoms with Crippen molar-refractivity contribution in [3.63, 3.8) is 0 Å². The Morgan fingerprint density at radius 1 is 1.50 bits per heavy atom. The van der Waals surface area contributed by atoms with Crippen LogP contribution in [-0.4, -0.2) is 24.7 Å². The molecule has 1 aliphatic rings. The molecule has 0 bridgehead atoms. The highest BCUT2D eigenvalue weighted by atomic mass is 35.5. The number of aromatic nitrogens is 1. The molecule has 0 fully saturated rings. The molecule has 1 amide bonds. The highest BCUT2D eigenvalue weighted by Crippen LogP contribution is 2.33. The largest absolute Gasteiger partial charge is 0.497 e. The van der Waals surface area contributed by atoms with E-state index in [1.807, 2.05) is 6.07 Å². The topological polar surface area (TPSA) is 64.4 Å². The van der Waals surface area contributed by atoms with Crippen molar-refractivity contribution in [3.8, 4) is 5.75 Å². The van der Waals surface area contributed by atoms with Crippen molar-refractivity contribution >= 4 is 17.5 Å². The molecule has 6 heteroatoms. The standard InChI is InChI=1S/C18H21ClN2O3/c1-11-16(18(19)24-21-11)9-17(22)20-10-13-5-3-4-12-8-14(23-2)6-7-15(12)13/h6-8,13H,3-5,9-10H2,1-2H3,(H,20,22)/t13-/m1/s1. The summed E-state index contributed by atoms with van der Waals surface area (Å²) in [4.78, 5) is 12.2. The molecule has 1 aliphatic carbocycles. The Morgan fingerprint density at radius 2 is 2.33 bits per heavy atom. The molecular weight excluding hydrogens is 328 g/mol. The van der Waals surface area contributed by atoms with Crippen molar-refractivity contribution in [2.75, 3.05) is 13.7 Å². The quantitative estimate of drug-likeness (QED) is 0.899. The van der Waals surface area contributed by atoms with Gasteiger partial charge in [-0.2, -0.15) is 0 Å². The minimum absolute atomic E-state index is 0.0659. The zero-order chi connectivity index (χ0) is 17.1. The van der Waals surface area contributed by atoms with Gasteiger partial charge in [0.1, 0.15) is 5.75 Å². The van der Waals surface area contributed by atoms with Crippen LogP contribution < -0.4 is 10.1 Å². The third-order valence-corrected chi connectivity index (χ3v) is 4.91. The second-order valence-electron chi connectivity index (χ2n) is 6.15. The summed E-state index contributed by atoms with van der Waals surface area (Å²) in [5.74, 6) is 1.16. The van der Waals surface area contributed by atoms with Crippen LogP contribution in [0.15, 0.2) is 22.7 Å². The van der Waals surface area contributed by atoms with Gasteiger partial charge in [-0.05, 0) is 61.0 Å². The SMILES string of the molecule is COc1ccc2c(c1)CCC[C@@H]2CNC(=O)Cc1c(C)noc1Cl. The molecular formula is C18H21ClN2O3. The lowest BCUT2D eigenvalue weighted by Crippen LogP contribution is -2.31. The van der Waals surface area contributed by atoms with E-state index in [-0.39, 0.29) is 17.5 Å². The van der Waals surface area contributed by atoms with Crippen molar-refractivity contribution in [3.05, 3.63) is 45.8 Å². The van der Waals surface area contributed by atoms with Crippen molar-refractivity contribution < 1.29 is 14.1 Å². The van der Waals surface area contributed by atoms with Crippen LogP contribution in [0.2, 0.25) is 5.22 Å². The van der Waals surface area contributed by atoms with Gasteiger partial charge in [-0.3, -0.25) is 4.79 Å². The molecule has 0 aliphatic heterocycles. The Kier molecular flexibility index (Phi) is 5.09. The number of carbonyl (C=O) groups excluding carboxylic acids is 1. The Hall–Kier alpha value is -2.01. The number of ether oxygens (including phenoxy) is 1. The van der Waals surface area contributed by atoms with Crippen LogP contribution >= 0.6 is 11.6 Å². The maximum absolute atomic E-state index is 12.2. The third kappa shape index (κ3) is 3.56. The molecule has 1 aromatic carbocycles. The molecule has 0 radical (unpaired) electrons. The van der Waals surface area contributed by atoms with Gasteiger partial charge in [0.25, 0.3) is 0 Å². The minimum atomic E-state index is -0.0659. The molecule has 1 N–H and O–H groups in total. The first-order valence-electron chi connectivity index (χ1n) is 8.12. The molecule has 3 rings (SSSR count). The Balaban J connectivity index is 1.62. The number of rotatable bonds is 5. The van der Waals surface area contributed by atoms with Gasteiger partial charge in [-0.25, -0.2) is 0 Å². The van der Waals surface area contributed by atoms with E-state index < -0.39 is 0 Å². The van der Waals surface area contributed by atoms with Crippen LogP contribution in [0.4, 0.5) is 0 Å². The highest BCUT2D eigenvalue weighted by molar-refractivity contribution is 6.29. The van der Waals surface area contributed by atoms with Gasteiger partial charge in [0.2, 0.25) is 11.1 Å². The summed E-state index contributed by atoms with van der Waals surface area (Å²) in [7, 11) is 1.68. The fourth-order valence-corrected chi connectivity index (χ4v) is 3.49. The molecule has 1 aromatic heterocycles. The first-order chi connectivity index (χ1) is 11.6. The van der Waals surface area contributed by atoms with Gasteiger partial charge in [-0.1, -0.05) is 11.2 Å². The maximum atomic E-state index is 12.2. The fraction of sp³-hybridized carbons (Fsp3) is 0.444. The number of nitrogens with zero attached hydrogens (tertiary/aromatic N) is 1. The number of benzene rings is 1. The first-order valence-corrected chi connectivity index (χ1v) is 8.50. The Labute approximate surface area is 146 Å². The van der Waals surface area contributed by atoms with E-state index >= 15 is 0 Å². The number of nitrogens with one attached hydrogen (secondary N) is 1. The smallest absolute Gasteiger partial charge is 0.229 e. The summed E-state index contributed by atoms with van der Waals surface area (Å²) in [5.41, 5.74) is 3.94. The molecule has 0 unspecified atom stereocenters. The van der Waals surface area contributed by atoms with E-state index in [9.17, 15) is 4.79 Å². The number of amides is 1. The van der Waals surface area contributed by atoms with Gasteiger partial charge >= 0.3 is 0 Å². The number of fused-ring (bicyclic) bond motifs is 1. The van der Waals surface area contributed by atoms with E-state index in [4.69, 9.17) is 20.9 Å². The summed E-state index contributed by atoms with van der Waals surface area (Å²) >= 11 is 5.91. The molecule has 2 aromatic rings. The average Bonchev–Trinajstić information content (AvgIpc) is 2.91. The second-order valence-corrected chi connectivity index (χ2v) is 6.50. The number of hydrogen-bond acceptors (Lipinski definition) is 4. The van der Waals surface area contributed by atoms with Crippen LogP contribution in [0.3, 0.4) is 0 Å². The summed E-state index contributed by atoms with van der Waals surface area (Å²) in [6.45, 7) is 2.41. The molecule has 1 heterocycles. The van der Waals surface area contributed by atoms with Crippen molar-refractivity contribution in [1.29, 1.82) is 0 Å². The van der Waals surface area contributed by atoms with E-state index in [2.05, 4.69) is 22.6 Å². The van der Waals surface area contributed by atoms with Gasteiger partial charge < -0.3 is 14.6 Å². The molecule has 5 nitrogen and oxygen atoms in total. The van der Waals surface area contributed by atoms with E-state index in [0.717, 1.165) is 25.0 Å². The fourth-order valence-electron chi connectivity index (χ4n) is 3.25. The average molecular weight is 349 g/mol. The second kappa shape index (κ2) is 7.26. The molecule has 24 heavy (non-hydrogen) atoms. The monoisotopic (exact) mass is 348 g/mol. The molecule has 0 spiro atoms. The predicted molar refractivity (Wildman–Crippen MR) is 91.6 cm³/mol. The van der Waals surface area contributed by atoms with E-state index in [1.165, 1.54) is 11.1 Å². The van der Waals surface area contributed by atoms with Gasteiger partial charge in [0.05, 0.1) is 19.2 Å². The van der Waals surface area contributed by atoms with Crippen molar-refractivity contribution in [2.24, 2.45) is 0 Å². The molecule has 0 saturated heterocycles. The normalized spacial score (nSPS) is 16.5. The molecule has 0 saturated carbocycles. The summed E-state index contributed by atoms with van der Waals surface area (Å²) in [5, 5.41) is 6.98. The summed E-state index contributed by atoms with van der Waals surface area (Å²) < 4.78 is 10.2. The zero-order valence-electron chi connectivity index (χ0n) is 13.9. The first kappa shape index (κ1) is 16.8. The lowest BCUT2D eigenvalue weighted by molar-refractivity contribution is -0.120. The van der Waals surface area contributed by atoms with Gasteiger partial charge in [-0.15, -0.1) is 0 Å². The van der Waals surface area contributed by atoms with Gasteiger partial charge in [0.15, 0.2) is 0 Å². The number of aryl methyl sites for hydroxylation is 2. The molecule has 1 atom stereocenters. The zero-order valence-corrected chi connectivity index (χ0v) is 14.7. The number of hydrogen-bond donors (Lipinski definition) is 1. The van der Waals surface area contributed by atoms with E-state index in [0.29, 0.717) is 23.7 Å². The van der Waals surface area contributed by atoms with E-state index in [1.54, 1.807) is 14.0 Å². The van der Waals surface area contributed by atoms with Crippen LogP contribution in [0, 0.1) is 6.92 Å². The Bertz CT molecular complexity index is 722. The van der Waals surface area contributed by atoms with Crippen LogP contribution in [0.25, 0.3) is 0 Å². The van der Waals surface area contributed by atoms with Crippen LogP contribution in [-0.2, 0) is 17.6 Å². The lowest BCUT2D eigenvalue weighted by atomic mass is 9.82.